The molecule has 2 rings (SSSR count). The Labute approximate surface area is 117 Å². The molecule has 0 saturated carbocycles. The minimum atomic E-state index is -0.0518. The maximum absolute atomic E-state index is 11.9. The molecule has 1 fully saturated rings. The van der Waals surface area contributed by atoms with Gasteiger partial charge in [0, 0.05) is 10.9 Å². The molecule has 0 atom stereocenters. The predicted octanol–water partition coefficient (Wildman–Crippen LogP) is 2.41. The number of carbonyl (C=O) groups excluding carboxylic acids is 1. The largest absolute Gasteiger partial charge is 0.506 e. The van der Waals surface area contributed by atoms with Crippen molar-refractivity contribution in [1.29, 1.82) is 0 Å². The fourth-order valence-electron chi connectivity index (χ4n) is 1.93. The summed E-state index contributed by atoms with van der Waals surface area (Å²) < 4.78 is 0. The maximum atomic E-state index is 11.9. The molecule has 1 saturated heterocycles. The summed E-state index contributed by atoms with van der Waals surface area (Å²) >= 11 is 5.81. The summed E-state index contributed by atoms with van der Waals surface area (Å²) in [5.41, 5.74) is 0.376. The monoisotopic (exact) mass is 290 g/mol. The lowest BCUT2D eigenvalue weighted by Crippen LogP contribution is -2.34. The average Bonchev–Trinajstić information content (AvgIpc) is 2.35. The van der Waals surface area contributed by atoms with Crippen LogP contribution in [0.4, 0.5) is 5.69 Å². The molecule has 1 aliphatic rings. The number of phenolic OH excluding ortho intramolecular Hbond substituents is 1. The van der Waals surface area contributed by atoms with Gasteiger partial charge in [0.1, 0.15) is 5.75 Å². The van der Waals surface area contributed by atoms with Crippen LogP contribution in [0.3, 0.4) is 0 Å². The highest BCUT2D eigenvalue weighted by Crippen LogP contribution is 2.27. The molecule has 0 bridgehead atoms. The lowest BCUT2D eigenvalue weighted by atomic mass is 9.97. The van der Waals surface area contributed by atoms with Gasteiger partial charge in [-0.25, -0.2) is 0 Å². The first kappa shape index (κ1) is 15.1. The van der Waals surface area contributed by atoms with Crippen molar-refractivity contribution < 1.29 is 9.90 Å². The van der Waals surface area contributed by atoms with Crippen LogP contribution in [-0.4, -0.2) is 24.1 Å². The third-order valence-electron chi connectivity index (χ3n) is 2.93. The van der Waals surface area contributed by atoms with Crippen LogP contribution in [-0.2, 0) is 4.79 Å². The average molecular weight is 291 g/mol. The Bertz CT molecular complexity index is 421. The van der Waals surface area contributed by atoms with Gasteiger partial charge in [-0.3, -0.25) is 4.79 Å². The standard InChI is InChI=1S/C12H15ClN2O2.ClH/c13-9-1-2-11(16)10(7-9)15-12(17)8-3-5-14-6-4-8;/h1-2,7-8,14,16H,3-6H2,(H,15,17);1H. The van der Waals surface area contributed by atoms with Crippen molar-refractivity contribution in [2.75, 3.05) is 18.4 Å². The second-order valence-electron chi connectivity index (χ2n) is 4.17. The number of halogens is 2. The summed E-state index contributed by atoms with van der Waals surface area (Å²) in [7, 11) is 0. The summed E-state index contributed by atoms with van der Waals surface area (Å²) in [6.07, 6.45) is 1.65. The molecule has 1 heterocycles. The lowest BCUT2D eigenvalue weighted by molar-refractivity contribution is -0.120. The highest BCUT2D eigenvalue weighted by molar-refractivity contribution is 6.31. The van der Waals surface area contributed by atoms with Crippen molar-refractivity contribution >= 4 is 35.6 Å². The smallest absolute Gasteiger partial charge is 0.227 e. The van der Waals surface area contributed by atoms with Gasteiger partial charge in [0.2, 0.25) is 5.91 Å². The van der Waals surface area contributed by atoms with Crippen molar-refractivity contribution in [1.82, 2.24) is 5.32 Å². The first-order valence-corrected chi connectivity index (χ1v) is 6.04. The quantitative estimate of drug-likeness (QED) is 0.733. The molecule has 4 nitrogen and oxygen atoms in total. The molecule has 0 spiro atoms. The summed E-state index contributed by atoms with van der Waals surface area (Å²) in [5, 5.41) is 16.0. The number of anilines is 1. The van der Waals surface area contributed by atoms with E-state index in [1.165, 1.54) is 6.07 Å². The molecule has 0 aliphatic carbocycles. The van der Waals surface area contributed by atoms with Crippen LogP contribution in [0.2, 0.25) is 5.02 Å². The van der Waals surface area contributed by atoms with E-state index in [1.807, 2.05) is 0 Å². The summed E-state index contributed by atoms with van der Waals surface area (Å²) in [6.45, 7) is 1.72. The second-order valence-corrected chi connectivity index (χ2v) is 4.61. The molecule has 0 unspecified atom stereocenters. The van der Waals surface area contributed by atoms with Crippen LogP contribution in [0, 0.1) is 5.92 Å². The van der Waals surface area contributed by atoms with Gasteiger partial charge in [-0.2, -0.15) is 0 Å². The van der Waals surface area contributed by atoms with E-state index in [4.69, 9.17) is 11.6 Å². The number of aromatic hydroxyl groups is 1. The minimum absolute atomic E-state index is 0. The molecule has 1 amide bonds. The molecule has 100 valence electrons. The number of hydrogen-bond donors (Lipinski definition) is 3. The lowest BCUT2D eigenvalue weighted by Gasteiger charge is -2.22. The Hall–Kier alpha value is -0.970. The molecule has 1 aliphatic heterocycles. The predicted molar refractivity (Wildman–Crippen MR) is 74.6 cm³/mol. The van der Waals surface area contributed by atoms with Gasteiger partial charge in [-0.15, -0.1) is 12.4 Å². The van der Waals surface area contributed by atoms with Crippen LogP contribution < -0.4 is 10.6 Å². The van der Waals surface area contributed by atoms with Gasteiger partial charge in [0.25, 0.3) is 0 Å². The Balaban J connectivity index is 0.00000162. The number of rotatable bonds is 2. The Kier molecular flexibility index (Phi) is 5.72. The van der Waals surface area contributed by atoms with Crippen LogP contribution in [0.15, 0.2) is 18.2 Å². The van der Waals surface area contributed by atoms with E-state index >= 15 is 0 Å². The Morgan fingerprint density at radius 3 is 2.72 bits per heavy atom. The Morgan fingerprint density at radius 1 is 1.39 bits per heavy atom. The molecule has 1 aromatic rings. The van der Waals surface area contributed by atoms with Crippen LogP contribution in [0.1, 0.15) is 12.8 Å². The molecule has 6 heteroatoms. The molecular formula is C12H16Cl2N2O2. The zero-order chi connectivity index (χ0) is 12.3. The number of phenols is 1. The van der Waals surface area contributed by atoms with Crippen molar-refractivity contribution in [3.05, 3.63) is 23.2 Å². The minimum Gasteiger partial charge on any atom is -0.506 e. The normalized spacial score (nSPS) is 15.8. The van der Waals surface area contributed by atoms with Gasteiger partial charge in [0.05, 0.1) is 5.69 Å². The number of nitrogens with one attached hydrogen (secondary N) is 2. The Morgan fingerprint density at radius 2 is 2.06 bits per heavy atom. The highest BCUT2D eigenvalue weighted by Gasteiger charge is 2.21. The fraction of sp³-hybridized carbons (Fsp3) is 0.417. The van der Waals surface area contributed by atoms with E-state index in [2.05, 4.69) is 10.6 Å². The molecule has 1 aromatic carbocycles. The van der Waals surface area contributed by atoms with Crippen molar-refractivity contribution in [3.63, 3.8) is 0 Å². The van der Waals surface area contributed by atoms with Crippen molar-refractivity contribution in [2.24, 2.45) is 5.92 Å². The number of piperidine rings is 1. The van der Waals surface area contributed by atoms with Gasteiger partial charge >= 0.3 is 0 Å². The first-order valence-electron chi connectivity index (χ1n) is 5.67. The van der Waals surface area contributed by atoms with E-state index < -0.39 is 0 Å². The van der Waals surface area contributed by atoms with Gasteiger partial charge in [-0.1, -0.05) is 11.6 Å². The maximum Gasteiger partial charge on any atom is 0.227 e. The topological polar surface area (TPSA) is 61.4 Å². The van der Waals surface area contributed by atoms with Crippen LogP contribution >= 0.6 is 24.0 Å². The zero-order valence-electron chi connectivity index (χ0n) is 9.78. The van der Waals surface area contributed by atoms with E-state index in [0.717, 1.165) is 25.9 Å². The summed E-state index contributed by atoms with van der Waals surface area (Å²) in [6, 6.07) is 4.60. The molecule has 3 N–H and O–H groups in total. The highest BCUT2D eigenvalue weighted by atomic mass is 35.5. The van der Waals surface area contributed by atoms with Gasteiger partial charge in [0.15, 0.2) is 0 Å². The zero-order valence-corrected chi connectivity index (χ0v) is 11.4. The fourth-order valence-corrected chi connectivity index (χ4v) is 2.10. The number of carbonyl (C=O) groups is 1. The van der Waals surface area contributed by atoms with E-state index in [9.17, 15) is 9.90 Å². The SMILES string of the molecule is Cl.O=C(Nc1cc(Cl)ccc1O)C1CCNCC1. The molecule has 0 aromatic heterocycles. The van der Waals surface area contributed by atoms with Crippen LogP contribution in [0.25, 0.3) is 0 Å². The third kappa shape index (κ3) is 3.77. The van der Waals surface area contributed by atoms with Gasteiger partial charge in [-0.05, 0) is 44.1 Å². The number of hydrogen-bond acceptors (Lipinski definition) is 3. The van der Waals surface area contributed by atoms with Crippen molar-refractivity contribution in [2.45, 2.75) is 12.8 Å². The molecule has 18 heavy (non-hydrogen) atoms. The van der Waals surface area contributed by atoms with E-state index in [1.54, 1.807) is 12.1 Å². The van der Waals surface area contributed by atoms with Crippen molar-refractivity contribution in [3.8, 4) is 5.75 Å². The van der Waals surface area contributed by atoms with E-state index in [-0.39, 0.29) is 30.0 Å². The van der Waals surface area contributed by atoms with Crippen LogP contribution in [0.5, 0.6) is 5.75 Å². The van der Waals surface area contributed by atoms with Gasteiger partial charge < -0.3 is 15.7 Å². The van der Waals surface area contributed by atoms with E-state index in [0.29, 0.717) is 10.7 Å². The third-order valence-corrected chi connectivity index (χ3v) is 3.16. The first-order chi connectivity index (χ1) is 8.16. The molecular weight excluding hydrogens is 275 g/mol. The molecule has 0 radical (unpaired) electrons. The summed E-state index contributed by atoms with van der Waals surface area (Å²) in [4.78, 5) is 11.9. The second kappa shape index (κ2) is 6.83. The number of benzene rings is 1. The number of amides is 1. The summed E-state index contributed by atoms with van der Waals surface area (Å²) in [5.74, 6) is -0.00428.